The standard InChI is InChI=1S/C30H31NO6/c1-3-4-5-13-35-23-9-6-8-20(17-23)27-26(29(33)30(34)31(27)18-24-10-7-14-36-24)28(32)21-11-12-25-22(16-21)15-19(2)37-25/h6-12,14,16-17,19,27,32H,3-5,13,15,18H2,1-2H3/b28-26+/t19-,27+/m0/s1. The molecular formula is C30H31NO6. The van der Waals surface area contributed by atoms with Crippen LogP contribution in [0.25, 0.3) is 5.76 Å². The highest BCUT2D eigenvalue weighted by atomic mass is 16.5. The Morgan fingerprint density at radius 1 is 1.11 bits per heavy atom. The van der Waals surface area contributed by atoms with Gasteiger partial charge in [0.2, 0.25) is 0 Å². The number of nitrogens with zero attached hydrogens (tertiary/aromatic N) is 1. The van der Waals surface area contributed by atoms with Crippen LogP contribution in [0.4, 0.5) is 0 Å². The van der Waals surface area contributed by atoms with Gasteiger partial charge in [-0.15, -0.1) is 0 Å². The fourth-order valence-electron chi connectivity index (χ4n) is 5.00. The number of aliphatic hydroxyl groups is 1. The second-order valence-corrected chi connectivity index (χ2v) is 9.59. The van der Waals surface area contributed by atoms with Gasteiger partial charge in [0.1, 0.15) is 29.1 Å². The molecule has 0 radical (unpaired) electrons. The molecule has 37 heavy (non-hydrogen) atoms. The maximum absolute atomic E-state index is 13.4. The summed E-state index contributed by atoms with van der Waals surface area (Å²) >= 11 is 0. The Morgan fingerprint density at radius 3 is 2.76 bits per heavy atom. The number of hydrogen-bond donors (Lipinski definition) is 1. The van der Waals surface area contributed by atoms with Crippen molar-refractivity contribution < 1.29 is 28.6 Å². The lowest BCUT2D eigenvalue weighted by atomic mass is 9.94. The van der Waals surface area contributed by atoms with E-state index in [4.69, 9.17) is 13.9 Å². The van der Waals surface area contributed by atoms with Gasteiger partial charge in [0.25, 0.3) is 11.7 Å². The molecule has 192 valence electrons. The summed E-state index contributed by atoms with van der Waals surface area (Å²) in [5.74, 6) is 0.348. The number of fused-ring (bicyclic) bond motifs is 1. The topological polar surface area (TPSA) is 89.2 Å². The lowest BCUT2D eigenvalue weighted by Gasteiger charge is -2.25. The van der Waals surface area contributed by atoms with Crippen LogP contribution in [0.5, 0.6) is 11.5 Å². The smallest absolute Gasteiger partial charge is 0.296 e. The van der Waals surface area contributed by atoms with Crippen LogP contribution in [0.3, 0.4) is 0 Å². The summed E-state index contributed by atoms with van der Waals surface area (Å²) in [6.07, 6.45) is 5.40. The van der Waals surface area contributed by atoms with Crippen molar-refractivity contribution in [3.63, 3.8) is 0 Å². The van der Waals surface area contributed by atoms with E-state index >= 15 is 0 Å². The average molecular weight is 502 g/mol. The second-order valence-electron chi connectivity index (χ2n) is 9.59. The van der Waals surface area contributed by atoms with Crippen molar-refractivity contribution in [3.05, 3.63) is 88.9 Å². The molecule has 1 N–H and O–H groups in total. The van der Waals surface area contributed by atoms with Crippen molar-refractivity contribution in [1.29, 1.82) is 0 Å². The van der Waals surface area contributed by atoms with Gasteiger partial charge >= 0.3 is 0 Å². The van der Waals surface area contributed by atoms with E-state index in [1.165, 1.54) is 11.2 Å². The van der Waals surface area contributed by atoms with E-state index in [1.807, 2.05) is 37.3 Å². The Kier molecular flexibility index (Phi) is 7.04. The third-order valence-corrected chi connectivity index (χ3v) is 6.81. The van der Waals surface area contributed by atoms with Crippen LogP contribution < -0.4 is 9.47 Å². The van der Waals surface area contributed by atoms with Gasteiger partial charge in [-0.05, 0) is 66.9 Å². The average Bonchev–Trinajstić information content (AvgIpc) is 3.60. The van der Waals surface area contributed by atoms with Crippen molar-refractivity contribution in [1.82, 2.24) is 4.90 Å². The first-order valence-electron chi connectivity index (χ1n) is 12.8. The Morgan fingerprint density at radius 2 is 1.97 bits per heavy atom. The van der Waals surface area contributed by atoms with Gasteiger partial charge in [0.15, 0.2) is 0 Å². The summed E-state index contributed by atoms with van der Waals surface area (Å²) in [6, 6.07) is 15.4. The van der Waals surface area contributed by atoms with Crippen LogP contribution in [0.15, 0.2) is 70.9 Å². The lowest BCUT2D eigenvalue weighted by Crippen LogP contribution is -2.29. The monoisotopic (exact) mass is 501 g/mol. The number of aliphatic hydroxyl groups excluding tert-OH is 1. The summed E-state index contributed by atoms with van der Waals surface area (Å²) in [4.78, 5) is 28.1. The summed E-state index contributed by atoms with van der Waals surface area (Å²) in [5, 5.41) is 11.4. The van der Waals surface area contributed by atoms with Crippen LogP contribution in [-0.4, -0.2) is 34.4 Å². The molecule has 0 aliphatic carbocycles. The SMILES string of the molecule is CCCCCOc1cccc([C@@H]2/C(=C(\O)c3ccc4c(c3)C[C@H](C)O4)C(=O)C(=O)N2Cc2ccco2)c1. The van der Waals surface area contributed by atoms with E-state index in [0.717, 1.165) is 30.6 Å². The van der Waals surface area contributed by atoms with Gasteiger partial charge in [-0.2, -0.15) is 0 Å². The second kappa shape index (κ2) is 10.5. The quantitative estimate of drug-likeness (QED) is 0.173. The molecule has 3 heterocycles. The highest BCUT2D eigenvalue weighted by Gasteiger charge is 2.46. The molecule has 5 rings (SSSR count). The lowest BCUT2D eigenvalue weighted by molar-refractivity contribution is -0.140. The summed E-state index contributed by atoms with van der Waals surface area (Å²) in [5.41, 5.74) is 2.16. The van der Waals surface area contributed by atoms with E-state index in [9.17, 15) is 14.7 Å². The Hall–Kier alpha value is -4.00. The van der Waals surface area contributed by atoms with Crippen molar-refractivity contribution in [2.24, 2.45) is 0 Å². The molecule has 7 heteroatoms. The summed E-state index contributed by atoms with van der Waals surface area (Å²) in [7, 11) is 0. The van der Waals surface area contributed by atoms with E-state index in [-0.39, 0.29) is 24.0 Å². The molecular weight excluding hydrogens is 470 g/mol. The largest absolute Gasteiger partial charge is 0.507 e. The molecule has 1 fully saturated rings. The number of furan rings is 1. The molecule has 0 bridgehead atoms. The maximum Gasteiger partial charge on any atom is 0.296 e. The molecule has 1 amide bonds. The number of rotatable bonds is 9. The molecule has 0 unspecified atom stereocenters. The zero-order valence-electron chi connectivity index (χ0n) is 21.1. The third kappa shape index (κ3) is 4.99. The van der Waals surface area contributed by atoms with Crippen LogP contribution in [-0.2, 0) is 22.6 Å². The van der Waals surface area contributed by atoms with E-state index in [2.05, 4.69) is 6.92 Å². The normalized spacial score (nSPS) is 20.2. The highest BCUT2D eigenvalue weighted by Crippen LogP contribution is 2.42. The molecule has 1 aromatic heterocycles. The first kappa shape index (κ1) is 24.7. The molecule has 3 aromatic rings. The minimum atomic E-state index is -0.798. The molecule has 0 spiro atoms. The summed E-state index contributed by atoms with van der Waals surface area (Å²) in [6.45, 7) is 4.80. The van der Waals surface area contributed by atoms with E-state index < -0.39 is 17.7 Å². The zero-order chi connectivity index (χ0) is 25.9. The van der Waals surface area contributed by atoms with Crippen LogP contribution in [0, 0.1) is 0 Å². The van der Waals surface area contributed by atoms with Crippen molar-refractivity contribution in [2.45, 2.75) is 58.2 Å². The fourth-order valence-corrected chi connectivity index (χ4v) is 5.00. The van der Waals surface area contributed by atoms with Crippen molar-refractivity contribution >= 4 is 17.4 Å². The van der Waals surface area contributed by atoms with Gasteiger partial charge in [-0.3, -0.25) is 9.59 Å². The predicted octanol–water partition coefficient (Wildman–Crippen LogP) is 5.79. The molecule has 2 aliphatic rings. The number of hydrogen-bond acceptors (Lipinski definition) is 6. The number of carbonyl (C=O) groups excluding carboxylic acids is 2. The highest BCUT2D eigenvalue weighted by molar-refractivity contribution is 6.46. The van der Waals surface area contributed by atoms with Crippen molar-refractivity contribution in [3.8, 4) is 11.5 Å². The number of amides is 1. The van der Waals surface area contributed by atoms with Crippen LogP contribution >= 0.6 is 0 Å². The van der Waals surface area contributed by atoms with Gasteiger partial charge in [0.05, 0.1) is 31.0 Å². The van der Waals surface area contributed by atoms with Crippen LogP contribution in [0.2, 0.25) is 0 Å². The van der Waals surface area contributed by atoms with E-state index in [1.54, 1.807) is 24.3 Å². The number of unbranched alkanes of at least 4 members (excludes halogenated alkanes) is 2. The Bertz CT molecular complexity index is 1330. The van der Waals surface area contributed by atoms with Gasteiger partial charge in [-0.25, -0.2) is 0 Å². The summed E-state index contributed by atoms with van der Waals surface area (Å²) < 4.78 is 17.2. The van der Waals surface area contributed by atoms with Gasteiger partial charge in [0, 0.05) is 12.0 Å². The first-order chi connectivity index (χ1) is 18.0. The third-order valence-electron chi connectivity index (χ3n) is 6.81. The number of carbonyl (C=O) groups is 2. The molecule has 7 nitrogen and oxygen atoms in total. The number of benzene rings is 2. The number of Topliss-reactive ketones (excluding diaryl/α,β-unsaturated/α-hetero) is 1. The molecule has 0 saturated carbocycles. The van der Waals surface area contributed by atoms with E-state index in [0.29, 0.717) is 35.7 Å². The molecule has 1 saturated heterocycles. The van der Waals surface area contributed by atoms with Gasteiger partial charge < -0.3 is 23.9 Å². The zero-order valence-corrected chi connectivity index (χ0v) is 21.1. The maximum atomic E-state index is 13.4. The Labute approximate surface area is 216 Å². The predicted molar refractivity (Wildman–Crippen MR) is 138 cm³/mol. The first-order valence-corrected chi connectivity index (χ1v) is 12.8. The minimum Gasteiger partial charge on any atom is -0.507 e. The van der Waals surface area contributed by atoms with Crippen molar-refractivity contribution in [2.75, 3.05) is 6.61 Å². The number of ether oxygens (including phenoxy) is 2. The molecule has 2 aliphatic heterocycles. The molecule has 2 atom stereocenters. The number of likely N-dealkylation sites (tertiary alicyclic amines) is 1. The minimum absolute atomic E-state index is 0.0475. The van der Waals surface area contributed by atoms with Crippen LogP contribution in [0.1, 0.15) is 61.6 Å². The number of ketones is 1. The Balaban J connectivity index is 1.56. The fraction of sp³-hybridized carbons (Fsp3) is 0.333. The molecule has 2 aromatic carbocycles. The van der Waals surface area contributed by atoms with Gasteiger partial charge in [-0.1, -0.05) is 31.9 Å².